The largest absolute Gasteiger partial charge is 0.369 e. The second kappa shape index (κ2) is 4.36. The summed E-state index contributed by atoms with van der Waals surface area (Å²) in [7, 11) is 1.97. The van der Waals surface area contributed by atoms with Crippen LogP contribution in [0.2, 0.25) is 0 Å². The molecule has 1 aromatic carbocycles. The van der Waals surface area contributed by atoms with Crippen molar-refractivity contribution in [3.05, 3.63) is 36.0 Å². The molecule has 0 bridgehead atoms. The number of carbonyl (C=O) groups is 1. The van der Waals surface area contributed by atoms with Gasteiger partial charge in [-0.2, -0.15) is 0 Å². The predicted octanol–water partition coefficient (Wildman–Crippen LogP) is 1.63. The first-order valence-corrected chi connectivity index (χ1v) is 4.49. The summed E-state index contributed by atoms with van der Waals surface area (Å²) in [4.78, 5) is 10.8. The van der Waals surface area contributed by atoms with Gasteiger partial charge in [0.25, 0.3) is 0 Å². The molecule has 0 saturated heterocycles. The maximum atomic E-state index is 10.8. The van der Waals surface area contributed by atoms with Crippen LogP contribution in [0.25, 0.3) is 10.9 Å². The van der Waals surface area contributed by atoms with E-state index in [-0.39, 0.29) is 18.3 Å². The fourth-order valence-corrected chi connectivity index (χ4v) is 1.75. The van der Waals surface area contributed by atoms with Crippen LogP contribution in [-0.4, -0.2) is 10.5 Å². The van der Waals surface area contributed by atoms with Crippen molar-refractivity contribution in [1.29, 1.82) is 0 Å². The molecule has 15 heavy (non-hydrogen) atoms. The Bertz CT molecular complexity index is 490. The number of hydrogen-bond acceptors (Lipinski definition) is 1. The number of nitrogens with two attached hydrogens (primary N) is 1. The summed E-state index contributed by atoms with van der Waals surface area (Å²) in [6.07, 6.45) is 2.26. The molecule has 4 heteroatoms. The molecule has 0 saturated carbocycles. The molecule has 0 fully saturated rings. The number of rotatable bonds is 2. The van der Waals surface area contributed by atoms with Gasteiger partial charge in [0.1, 0.15) is 0 Å². The number of halogens is 1. The van der Waals surface area contributed by atoms with Gasteiger partial charge in [-0.25, -0.2) is 0 Å². The quantitative estimate of drug-likeness (QED) is 0.828. The van der Waals surface area contributed by atoms with Crippen LogP contribution in [0.5, 0.6) is 0 Å². The predicted molar refractivity (Wildman–Crippen MR) is 63.1 cm³/mol. The Morgan fingerprint density at radius 1 is 1.40 bits per heavy atom. The van der Waals surface area contributed by atoms with Crippen LogP contribution in [0, 0.1) is 0 Å². The summed E-state index contributed by atoms with van der Waals surface area (Å²) in [5.74, 6) is -0.290. The van der Waals surface area contributed by atoms with Crippen molar-refractivity contribution in [3.63, 3.8) is 0 Å². The molecule has 0 unspecified atom stereocenters. The van der Waals surface area contributed by atoms with Crippen molar-refractivity contribution < 1.29 is 4.79 Å². The van der Waals surface area contributed by atoms with E-state index in [2.05, 4.69) is 0 Å². The SMILES string of the molecule is Cl.Cn1cc(CC(N)=O)c2ccccc21. The first-order valence-electron chi connectivity index (χ1n) is 4.49. The number of amides is 1. The van der Waals surface area contributed by atoms with Gasteiger partial charge in [0.2, 0.25) is 5.91 Å². The van der Waals surface area contributed by atoms with Crippen LogP contribution < -0.4 is 5.73 Å². The topological polar surface area (TPSA) is 48.0 Å². The van der Waals surface area contributed by atoms with Crippen LogP contribution in [-0.2, 0) is 18.3 Å². The molecule has 0 radical (unpaired) electrons. The third kappa shape index (κ3) is 2.13. The van der Waals surface area contributed by atoms with Gasteiger partial charge in [0.05, 0.1) is 6.42 Å². The van der Waals surface area contributed by atoms with E-state index in [0.29, 0.717) is 6.42 Å². The molecular formula is C11H13ClN2O. The Morgan fingerprint density at radius 2 is 2.07 bits per heavy atom. The third-order valence-corrected chi connectivity index (χ3v) is 2.34. The van der Waals surface area contributed by atoms with Gasteiger partial charge in [-0.3, -0.25) is 4.79 Å². The lowest BCUT2D eigenvalue weighted by molar-refractivity contribution is -0.117. The fourth-order valence-electron chi connectivity index (χ4n) is 1.75. The summed E-state index contributed by atoms with van der Waals surface area (Å²) in [5, 5.41) is 1.11. The monoisotopic (exact) mass is 224 g/mol. The highest BCUT2D eigenvalue weighted by Gasteiger charge is 2.07. The molecule has 2 rings (SSSR count). The summed E-state index contributed by atoms with van der Waals surface area (Å²) >= 11 is 0. The molecule has 2 aromatic rings. The second-order valence-corrected chi connectivity index (χ2v) is 3.43. The average Bonchev–Trinajstić information content (AvgIpc) is 2.44. The van der Waals surface area contributed by atoms with Crippen LogP contribution in [0.15, 0.2) is 30.5 Å². The van der Waals surface area contributed by atoms with E-state index in [1.165, 1.54) is 0 Å². The summed E-state index contributed by atoms with van der Waals surface area (Å²) in [6, 6.07) is 7.98. The number of fused-ring (bicyclic) bond motifs is 1. The molecule has 1 heterocycles. The lowest BCUT2D eigenvalue weighted by Crippen LogP contribution is -2.13. The Hall–Kier alpha value is -1.48. The summed E-state index contributed by atoms with van der Waals surface area (Å²) < 4.78 is 2.01. The maximum absolute atomic E-state index is 10.8. The fraction of sp³-hybridized carbons (Fsp3) is 0.182. The molecule has 2 N–H and O–H groups in total. The molecule has 0 spiro atoms. The number of primary amides is 1. The van der Waals surface area contributed by atoms with Crippen molar-refractivity contribution in [1.82, 2.24) is 4.57 Å². The number of aromatic nitrogens is 1. The standard InChI is InChI=1S/C11H12N2O.ClH/c1-13-7-8(6-11(12)14)9-4-2-3-5-10(9)13;/h2-5,7H,6H2,1H3,(H2,12,14);1H. The molecule has 80 valence electrons. The van der Waals surface area contributed by atoms with Crippen LogP contribution in [0.4, 0.5) is 0 Å². The van der Waals surface area contributed by atoms with Crippen molar-refractivity contribution in [3.8, 4) is 0 Å². The highest BCUT2D eigenvalue weighted by atomic mass is 35.5. The number of nitrogens with zero attached hydrogens (tertiary/aromatic N) is 1. The molecule has 0 aliphatic heterocycles. The normalized spacial score (nSPS) is 9.93. The molecule has 3 nitrogen and oxygen atoms in total. The first kappa shape index (κ1) is 11.6. The second-order valence-electron chi connectivity index (χ2n) is 3.43. The molecule has 0 aliphatic rings. The summed E-state index contributed by atoms with van der Waals surface area (Å²) in [5.41, 5.74) is 7.30. The Labute approximate surface area is 94.3 Å². The number of aryl methyl sites for hydroxylation is 1. The number of para-hydroxylation sites is 1. The molecule has 0 atom stereocenters. The highest BCUT2D eigenvalue weighted by Crippen LogP contribution is 2.20. The number of hydrogen-bond donors (Lipinski definition) is 1. The minimum atomic E-state index is -0.290. The maximum Gasteiger partial charge on any atom is 0.221 e. The Morgan fingerprint density at radius 3 is 2.73 bits per heavy atom. The van der Waals surface area contributed by atoms with Crippen molar-refractivity contribution in [2.45, 2.75) is 6.42 Å². The Kier molecular flexibility index (Phi) is 3.37. The molecule has 1 amide bonds. The zero-order valence-corrected chi connectivity index (χ0v) is 9.25. The van der Waals surface area contributed by atoms with E-state index in [0.717, 1.165) is 16.5 Å². The number of benzene rings is 1. The van der Waals surface area contributed by atoms with E-state index in [1.54, 1.807) is 0 Å². The zero-order valence-electron chi connectivity index (χ0n) is 8.43. The van der Waals surface area contributed by atoms with Crippen molar-refractivity contribution >= 4 is 29.2 Å². The molecular weight excluding hydrogens is 212 g/mol. The minimum Gasteiger partial charge on any atom is -0.369 e. The van der Waals surface area contributed by atoms with Crippen LogP contribution in [0.3, 0.4) is 0 Å². The van der Waals surface area contributed by atoms with Gasteiger partial charge in [0.15, 0.2) is 0 Å². The van der Waals surface area contributed by atoms with Gasteiger partial charge in [-0.1, -0.05) is 18.2 Å². The average molecular weight is 225 g/mol. The smallest absolute Gasteiger partial charge is 0.221 e. The summed E-state index contributed by atoms with van der Waals surface area (Å²) in [6.45, 7) is 0. The van der Waals surface area contributed by atoms with Crippen LogP contribution >= 0.6 is 12.4 Å². The van der Waals surface area contributed by atoms with E-state index in [1.807, 2.05) is 42.1 Å². The van der Waals surface area contributed by atoms with Crippen molar-refractivity contribution in [2.75, 3.05) is 0 Å². The van der Waals surface area contributed by atoms with Gasteiger partial charge in [-0.05, 0) is 11.6 Å². The zero-order chi connectivity index (χ0) is 10.1. The van der Waals surface area contributed by atoms with E-state index in [4.69, 9.17) is 5.73 Å². The Balaban J connectivity index is 0.00000112. The van der Waals surface area contributed by atoms with Gasteiger partial charge < -0.3 is 10.3 Å². The van der Waals surface area contributed by atoms with Gasteiger partial charge in [0, 0.05) is 24.1 Å². The minimum absolute atomic E-state index is 0. The van der Waals surface area contributed by atoms with Crippen LogP contribution in [0.1, 0.15) is 5.56 Å². The number of carbonyl (C=O) groups excluding carboxylic acids is 1. The lowest BCUT2D eigenvalue weighted by Gasteiger charge is -1.94. The van der Waals surface area contributed by atoms with E-state index < -0.39 is 0 Å². The molecule has 0 aliphatic carbocycles. The first-order chi connectivity index (χ1) is 6.68. The van der Waals surface area contributed by atoms with E-state index in [9.17, 15) is 4.79 Å². The van der Waals surface area contributed by atoms with Crippen molar-refractivity contribution in [2.24, 2.45) is 12.8 Å². The van der Waals surface area contributed by atoms with Gasteiger partial charge in [-0.15, -0.1) is 12.4 Å². The third-order valence-electron chi connectivity index (χ3n) is 2.34. The molecule has 1 aromatic heterocycles. The highest BCUT2D eigenvalue weighted by molar-refractivity contribution is 5.88. The van der Waals surface area contributed by atoms with E-state index >= 15 is 0 Å². The lowest BCUT2D eigenvalue weighted by atomic mass is 10.1. The van der Waals surface area contributed by atoms with Gasteiger partial charge >= 0.3 is 0 Å².